The largest absolute Gasteiger partial charge is 0.442 e. The number of rotatable bonds is 3. The molecule has 0 heterocycles. The Morgan fingerprint density at radius 1 is 0.938 bits per heavy atom. The lowest BCUT2D eigenvalue weighted by Gasteiger charge is -2.28. The highest BCUT2D eigenvalue weighted by atomic mass is 32.3. The molecule has 0 fully saturated rings. The zero-order valence-electron chi connectivity index (χ0n) is 6.86. The lowest BCUT2D eigenvalue weighted by Crippen LogP contribution is -2.52. The van der Waals surface area contributed by atoms with Crippen LogP contribution in [0, 0.1) is 0 Å². The third kappa shape index (κ3) is 3.70. The van der Waals surface area contributed by atoms with Crippen LogP contribution < -0.4 is 4.13 Å². The molecule has 94 valence electrons. The van der Waals surface area contributed by atoms with E-state index in [9.17, 15) is 39.2 Å². The van der Waals surface area contributed by atoms with Gasteiger partial charge in [0.25, 0.3) is 7.12 Å². The second kappa shape index (κ2) is 4.25. The van der Waals surface area contributed by atoms with E-state index >= 15 is 0 Å². The molecule has 0 aromatic carbocycles. The van der Waals surface area contributed by atoms with E-state index < -0.39 is 39.2 Å². The molecule has 16 heavy (non-hydrogen) atoms. The Morgan fingerprint density at radius 3 is 1.44 bits per heavy atom. The van der Waals surface area contributed by atoms with Crippen molar-refractivity contribution >= 4 is 28.9 Å². The van der Waals surface area contributed by atoms with Crippen LogP contribution in [0.1, 0.15) is 0 Å². The van der Waals surface area contributed by atoms with Crippen molar-refractivity contribution in [1.82, 2.24) is 4.13 Å². The van der Waals surface area contributed by atoms with Gasteiger partial charge in [-0.25, -0.2) is 12.8 Å². The van der Waals surface area contributed by atoms with Gasteiger partial charge in [-0.1, -0.05) is 0 Å². The molecule has 0 unspecified atom stereocenters. The Labute approximate surface area is 90.2 Å². The lowest BCUT2D eigenvalue weighted by molar-refractivity contribution is -0.302. The summed E-state index contributed by atoms with van der Waals surface area (Å²) in [4.78, 5) is 0. The van der Waals surface area contributed by atoms with Gasteiger partial charge in [0.15, 0.2) is 9.87 Å². The predicted octanol–water partition coefficient (Wildman–Crippen LogP) is 1.43. The van der Waals surface area contributed by atoms with Gasteiger partial charge in [-0.2, -0.15) is 30.5 Å². The number of halogens is 7. The molecular weight excluding hydrogens is 290 g/mol. The second-order valence-electron chi connectivity index (χ2n) is 2.32. The van der Waals surface area contributed by atoms with Crippen LogP contribution in [0.5, 0.6) is 0 Å². The molecule has 0 aromatic rings. The van der Waals surface area contributed by atoms with Gasteiger partial charge >= 0.3 is 17.4 Å². The summed E-state index contributed by atoms with van der Waals surface area (Å²) in [7, 11) is -0.837. The van der Waals surface area contributed by atoms with E-state index in [4.69, 9.17) is 0 Å². The van der Waals surface area contributed by atoms with E-state index in [0.29, 0.717) is 4.13 Å². The molecule has 0 spiro atoms. The van der Waals surface area contributed by atoms with Gasteiger partial charge in [0.2, 0.25) is 0 Å². The number of hydrogen-bond donors (Lipinski definition) is 1. The van der Waals surface area contributed by atoms with Crippen LogP contribution in [-0.2, 0) is 9.87 Å². The fourth-order valence-corrected chi connectivity index (χ4v) is 1.55. The molecule has 0 rings (SSSR count). The van der Waals surface area contributed by atoms with Crippen LogP contribution in [0.3, 0.4) is 0 Å². The number of nitrogens with one attached hydrogen (secondary N) is 1. The molecule has 0 aliphatic carbocycles. The fraction of sp³-hybridized carbons (Fsp3) is 1.00. The van der Waals surface area contributed by atoms with Gasteiger partial charge in [0.05, 0.1) is 0 Å². The van der Waals surface area contributed by atoms with Gasteiger partial charge < -0.3 is 0 Å². The van der Waals surface area contributed by atoms with Crippen molar-refractivity contribution in [2.75, 3.05) is 0 Å². The summed E-state index contributed by atoms with van der Waals surface area (Å²) in [6.07, 6.45) is -12.7. The summed E-state index contributed by atoms with van der Waals surface area (Å²) in [5, 5.41) is -5.77. The first-order valence-electron chi connectivity index (χ1n) is 3.00. The average molecular weight is 291 g/mol. The van der Waals surface area contributed by atoms with E-state index in [2.05, 4.69) is 7.12 Å². The van der Waals surface area contributed by atoms with E-state index in [1.165, 1.54) is 0 Å². The zero-order chi connectivity index (χ0) is 13.4. The molecule has 0 bridgehead atoms. The van der Waals surface area contributed by atoms with Crippen molar-refractivity contribution in [2.24, 2.45) is 0 Å². The molecular formula is C3HBF7NO2S2. The van der Waals surface area contributed by atoms with Gasteiger partial charge in [-0.3, -0.25) is 0 Å². The minimum absolute atomic E-state index is 0.527. The van der Waals surface area contributed by atoms with Gasteiger partial charge in [-0.15, -0.1) is 0 Å². The van der Waals surface area contributed by atoms with E-state index in [-0.39, 0.29) is 0 Å². The maximum atomic E-state index is 12.7. The molecule has 2 radical (unpaired) electrons. The summed E-state index contributed by atoms with van der Waals surface area (Å²) in [6, 6.07) is 0. The van der Waals surface area contributed by atoms with Crippen molar-refractivity contribution in [3.8, 4) is 0 Å². The van der Waals surface area contributed by atoms with Crippen LogP contribution in [0.15, 0.2) is 0 Å². The van der Waals surface area contributed by atoms with Crippen LogP contribution >= 0.6 is 11.9 Å². The molecule has 3 nitrogen and oxygen atoms in total. The Morgan fingerprint density at radius 2 is 1.25 bits per heavy atom. The van der Waals surface area contributed by atoms with Crippen LogP contribution in [0.25, 0.3) is 0 Å². The zero-order valence-corrected chi connectivity index (χ0v) is 8.49. The maximum absolute atomic E-state index is 12.7. The van der Waals surface area contributed by atoms with Gasteiger partial charge in [-0.05, 0) is 11.9 Å². The summed E-state index contributed by atoms with van der Waals surface area (Å²) in [5.74, 6) is 0. The quantitative estimate of drug-likeness (QED) is 0.486. The summed E-state index contributed by atoms with van der Waals surface area (Å²) >= 11 is -1.73. The highest BCUT2D eigenvalue weighted by Gasteiger charge is 2.74. The average Bonchev–Trinajstić information content (AvgIpc) is 1.93. The lowest BCUT2D eigenvalue weighted by atomic mass is 10.3. The third-order valence-electron chi connectivity index (χ3n) is 1.03. The maximum Gasteiger partial charge on any atom is 0.442 e. The Bertz CT molecular complexity index is 334. The van der Waals surface area contributed by atoms with Crippen LogP contribution in [0.4, 0.5) is 30.7 Å². The standard InChI is InChI=1S/C3HBF7NO2S2/c4-16(13,14)12-15-1(5,2(6,7)8)3(9,10)11/h12H. The second-order valence-corrected chi connectivity index (χ2v) is 4.84. The topological polar surface area (TPSA) is 46.2 Å². The van der Waals surface area contributed by atoms with Crippen molar-refractivity contribution in [2.45, 2.75) is 17.4 Å². The van der Waals surface area contributed by atoms with Crippen molar-refractivity contribution < 1.29 is 39.2 Å². The first-order chi connectivity index (χ1) is 6.71. The van der Waals surface area contributed by atoms with Crippen LogP contribution in [-0.4, -0.2) is 32.9 Å². The molecule has 0 saturated heterocycles. The van der Waals surface area contributed by atoms with Crippen molar-refractivity contribution in [3.63, 3.8) is 0 Å². The molecule has 1 N–H and O–H groups in total. The monoisotopic (exact) mass is 291 g/mol. The molecule has 0 saturated carbocycles. The number of hydrogen-bond acceptors (Lipinski definition) is 3. The molecule has 0 atom stereocenters. The fourth-order valence-electron chi connectivity index (χ4n) is 0.392. The Balaban J connectivity index is 5.15. The van der Waals surface area contributed by atoms with Crippen LogP contribution in [0.2, 0.25) is 0 Å². The first-order valence-corrected chi connectivity index (χ1v) is 5.37. The van der Waals surface area contributed by atoms with E-state index in [1.54, 1.807) is 0 Å². The summed E-state index contributed by atoms with van der Waals surface area (Å²) in [6.45, 7) is 0. The first kappa shape index (κ1) is 15.8. The molecule has 13 heteroatoms. The molecule has 0 aliphatic heterocycles. The van der Waals surface area contributed by atoms with Crippen molar-refractivity contribution in [3.05, 3.63) is 0 Å². The highest BCUT2D eigenvalue weighted by molar-refractivity contribution is 8.20. The van der Waals surface area contributed by atoms with E-state index in [1.807, 2.05) is 0 Å². The third-order valence-corrected chi connectivity index (χ3v) is 3.03. The molecule has 0 aromatic heterocycles. The SMILES string of the molecule is [B]S(=O)(=O)NSC(F)(C(F)(F)F)C(F)(F)F. The van der Waals surface area contributed by atoms with E-state index in [0.717, 1.165) is 0 Å². The van der Waals surface area contributed by atoms with Gasteiger partial charge in [0, 0.05) is 0 Å². The van der Waals surface area contributed by atoms with Gasteiger partial charge in [0.1, 0.15) is 0 Å². The van der Waals surface area contributed by atoms with Crippen molar-refractivity contribution in [1.29, 1.82) is 0 Å². The summed E-state index contributed by atoms with van der Waals surface area (Å²) in [5.41, 5.74) is 0. The highest BCUT2D eigenvalue weighted by Crippen LogP contribution is 2.52. The normalized spacial score (nSPS) is 15.2. The molecule has 0 aliphatic rings. The minimum Gasteiger partial charge on any atom is -0.226 e. The number of alkyl halides is 7. The predicted molar refractivity (Wildman–Crippen MR) is 41.3 cm³/mol. The molecule has 0 amide bonds. The summed E-state index contributed by atoms with van der Waals surface area (Å²) < 4.78 is 104. The Kier molecular flexibility index (Phi) is 4.21. The Hall–Kier alpha value is -0.165. The smallest absolute Gasteiger partial charge is 0.226 e. The minimum atomic E-state index is -6.35.